The van der Waals surface area contributed by atoms with Crippen molar-refractivity contribution < 1.29 is 17.9 Å². The zero-order valence-corrected chi connectivity index (χ0v) is 19.3. The molecule has 8 heteroatoms. The number of benzene rings is 3. The van der Waals surface area contributed by atoms with Gasteiger partial charge in [0.25, 0.3) is 15.9 Å². The minimum atomic E-state index is -3.81. The highest BCUT2D eigenvalue weighted by Crippen LogP contribution is 2.19. The van der Waals surface area contributed by atoms with Gasteiger partial charge in [-0.3, -0.25) is 9.52 Å². The third-order valence-corrected chi connectivity index (χ3v) is 6.85. The average Bonchev–Trinajstić information content (AvgIpc) is 2.85. The van der Waals surface area contributed by atoms with E-state index >= 15 is 0 Å². The molecule has 4 rings (SSSR count). The summed E-state index contributed by atoms with van der Waals surface area (Å²) in [6.07, 6.45) is 0. The van der Waals surface area contributed by atoms with Crippen molar-refractivity contribution in [2.75, 3.05) is 35.9 Å². The molecule has 0 bridgehead atoms. The third-order valence-electron chi connectivity index (χ3n) is 5.48. The molecule has 0 atom stereocenters. The minimum absolute atomic E-state index is 0.0330. The number of ether oxygens (including phenoxy) is 1. The van der Waals surface area contributed by atoms with Crippen LogP contribution in [0.25, 0.3) is 0 Å². The van der Waals surface area contributed by atoms with Crippen LogP contribution in [-0.4, -0.2) is 40.6 Å². The quantitative estimate of drug-likeness (QED) is 0.557. The first-order chi connectivity index (χ1) is 15.9. The molecule has 1 amide bonds. The van der Waals surface area contributed by atoms with E-state index in [2.05, 4.69) is 14.9 Å². The van der Waals surface area contributed by atoms with Crippen molar-refractivity contribution >= 4 is 27.3 Å². The number of hydrogen-bond acceptors (Lipinski definition) is 5. The Labute approximate surface area is 194 Å². The van der Waals surface area contributed by atoms with Gasteiger partial charge in [0, 0.05) is 36.6 Å². The van der Waals surface area contributed by atoms with Crippen molar-refractivity contribution in [3.8, 4) is 0 Å². The van der Waals surface area contributed by atoms with E-state index in [9.17, 15) is 13.2 Å². The molecule has 1 aliphatic rings. The predicted octanol–water partition coefficient (Wildman–Crippen LogP) is 3.56. The van der Waals surface area contributed by atoms with Gasteiger partial charge in [-0.05, 0) is 55.0 Å². The maximum Gasteiger partial charge on any atom is 0.261 e. The van der Waals surface area contributed by atoms with Gasteiger partial charge in [-0.25, -0.2) is 8.42 Å². The molecule has 3 aromatic rings. The van der Waals surface area contributed by atoms with Crippen LogP contribution in [0.1, 0.15) is 21.5 Å². The molecule has 0 aromatic heterocycles. The number of carbonyl (C=O) groups is 1. The van der Waals surface area contributed by atoms with Gasteiger partial charge in [0.15, 0.2) is 0 Å². The topological polar surface area (TPSA) is 87.7 Å². The van der Waals surface area contributed by atoms with Crippen LogP contribution in [0.4, 0.5) is 11.4 Å². The van der Waals surface area contributed by atoms with Crippen molar-refractivity contribution in [2.45, 2.75) is 18.4 Å². The first kappa shape index (κ1) is 22.8. The number of anilines is 2. The molecular formula is C25H27N3O4S. The summed E-state index contributed by atoms with van der Waals surface area (Å²) >= 11 is 0. The van der Waals surface area contributed by atoms with Crippen LogP contribution in [0.3, 0.4) is 0 Å². The summed E-state index contributed by atoms with van der Waals surface area (Å²) < 4.78 is 33.4. The van der Waals surface area contributed by atoms with E-state index in [4.69, 9.17) is 4.74 Å². The molecule has 1 fully saturated rings. The number of hydrogen-bond donors (Lipinski definition) is 2. The molecule has 0 spiro atoms. The maximum atomic E-state index is 12.7. The molecule has 1 saturated heterocycles. The average molecular weight is 466 g/mol. The number of amides is 1. The molecule has 7 nitrogen and oxygen atoms in total. The standard InChI is InChI=1S/C25H27N3O4S/c1-19-5-9-22(10-6-19)27-33(30,31)24-4-2-3-21(17-24)25(29)26-18-20-7-11-23(12-8-20)28-13-15-32-16-14-28/h2-12,17,27H,13-16,18H2,1H3,(H,26,29). The lowest BCUT2D eigenvalue weighted by Gasteiger charge is -2.28. The smallest absolute Gasteiger partial charge is 0.261 e. The first-order valence-corrected chi connectivity index (χ1v) is 12.3. The van der Waals surface area contributed by atoms with E-state index in [0.29, 0.717) is 12.2 Å². The Kier molecular flexibility index (Phi) is 6.96. The number of sulfonamides is 1. The van der Waals surface area contributed by atoms with Gasteiger partial charge in [-0.15, -0.1) is 0 Å². The minimum Gasteiger partial charge on any atom is -0.378 e. The zero-order chi connectivity index (χ0) is 23.3. The molecule has 1 heterocycles. The van der Waals surface area contributed by atoms with Crippen LogP contribution < -0.4 is 14.9 Å². The molecule has 3 aromatic carbocycles. The van der Waals surface area contributed by atoms with Gasteiger partial charge in [0.1, 0.15) is 0 Å². The number of rotatable bonds is 7. The molecule has 0 saturated carbocycles. The molecule has 1 aliphatic heterocycles. The molecule has 0 aliphatic carbocycles. The van der Waals surface area contributed by atoms with Crippen molar-refractivity contribution in [1.29, 1.82) is 0 Å². The molecular weight excluding hydrogens is 438 g/mol. The fraction of sp³-hybridized carbons (Fsp3) is 0.240. The van der Waals surface area contributed by atoms with E-state index in [1.807, 2.05) is 43.3 Å². The summed E-state index contributed by atoms with van der Waals surface area (Å²) in [5.41, 5.74) is 3.88. The van der Waals surface area contributed by atoms with Crippen molar-refractivity contribution in [2.24, 2.45) is 0 Å². The predicted molar refractivity (Wildman–Crippen MR) is 129 cm³/mol. The van der Waals surface area contributed by atoms with Crippen LogP contribution in [0, 0.1) is 6.92 Å². The maximum absolute atomic E-state index is 12.7. The third kappa shape index (κ3) is 5.91. The van der Waals surface area contributed by atoms with E-state index in [1.54, 1.807) is 24.3 Å². The summed E-state index contributed by atoms with van der Waals surface area (Å²) in [6.45, 7) is 5.47. The van der Waals surface area contributed by atoms with E-state index < -0.39 is 10.0 Å². The number of aryl methyl sites for hydroxylation is 1. The van der Waals surface area contributed by atoms with Crippen LogP contribution in [0.15, 0.2) is 77.7 Å². The van der Waals surface area contributed by atoms with Crippen molar-refractivity contribution in [1.82, 2.24) is 5.32 Å². The largest absolute Gasteiger partial charge is 0.378 e. The second kappa shape index (κ2) is 10.1. The summed E-state index contributed by atoms with van der Waals surface area (Å²) in [4.78, 5) is 15.0. The van der Waals surface area contributed by atoms with Gasteiger partial charge >= 0.3 is 0 Å². The fourth-order valence-corrected chi connectivity index (χ4v) is 4.67. The molecule has 0 unspecified atom stereocenters. The normalized spacial score (nSPS) is 14.0. The Hall–Kier alpha value is -3.36. The fourth-order valence-electron chi connectivity index (χ4n) is 3.57. The van der Waals surface area contributed by atoms with E-state index in [0.717, 1.165) is 43.1 Å². The van der Waals surface area contributed by atoms with Crippen LogP contribution >= 0.6 is 0 Å². The van der Waals surface area contributed by atoms with Gasteiger partial charge in [0.05, 0.1) is 18.1 Å². The molecule has 172 valence electrons. The second-order valence-electron chi connectivity index (χ2n) is 7.95. The summed E-state index contributed by atoms with van der Waals surface area (Å²) in [5.74, 6) is -0.334. The van der Waals surface area contributed by atoms with Gasteiger partial charge < -0.3 is 15.0 Å². The summed E-state index contributed by atoms with van der Waals surface area (Å²) in [7, 11) is -3.81. The highest BCUT2D eigenvalue weighted by molar-refractivity contribution is 7.92. The highest BCUT2D eigenvalue weighted by atomic mass is 32.2. The molecule has 0 radical (unpaired) electrons. The molecule has 33 heavy (non-hydrogen) atoms. The van der Waals surface area contributed by atoms with Gasteiger partial charge in [-0.2, -0.15) is 0 Å². The molecule has 2 N–H and O–H groups in total. The monoisotopic (exact) mass is 465 g/mol. The lowest BCUT2D eigenvalue weighted by molar-refractivity contribution is 0.0950. The SMILES string of the molecule is Cc1ccc(NS(=O)(=O)c2cccc(C(=O)NCc3ccc(N4CCOCC4)cc3)c2)cc1. The Balaban J connectivity index is 1.38. The number of nitrogens with one attached hydrogen (secondary N) is 2. The number of morpholine rings is 1. The highest BCUT2D eigenvalue weighted by Gasteiger charge is 2.17. The second-order valence-corrected chi connectivity index (χ2v) is 9.63. The van der Waals surface area contributed by atoms with E-state index in [1.165, 1.54) is 12.1 Å². The Morgan fingerprint density at radius 1 is 0.970 bits per heavy atom. The van der Waals surface area contributed by atoms with Gasteiger partial charge in [0.2, 0.25) is 0 Å². The lowest BCUT2D eigenvalue weighted by Crippen LogP contribution is -2.36. The first-order valence-electron chi connectivity index (χ1n) is 10.8. The van der Waals surface area contributed by atoms with Crippen LogP contribution in [0.2, 0.25) is 0 Å². The van der Waals surface area contributed by atoms with Crippen molar-refractivity contribution in [3.05, 3.63) is 89.5 Å². The Bertz CT molecular complexity index is 1200. The van der Waals surface area contributed by atoms with Crippen LogP contribution in [0.5, 0.6) is 0 Å². The zero-order valence-electron chi connectivity index (χ0n) is 18.5. The van der Waals surface area contributed by atoms with E-state index in [-0.39, 0.29) is 16.4 Å². The van der Waals surface area contributed by atoms with Crippen LogP contribution in [-0.2, 0) is 21.3 Å². The van der Waals surface area contributed by atoms with Crippen molar-refractivity contribution in [3.63, 3.8) is 0 Å². The lowest BCUT2D eigenvalue weighted by atomic mass is 10.1. The number of nitrogens with zero attached hydrogens (tertiary/aromatic N) is 1. The Morgan fingerprint density at radius 2 is 1.67 bits per heavy atom. The Morgan fingerprint density at radius 3 is 2.36 bits per heavy atom. The van der Waals surface area contributed by atoms with Gasteiger partial charge in [-0.1, -0.05) is 35.9 Å². The summed E-state index contributed by atoms with van der Waals surface area (Å²) in [6, 6.07) is 21.1. The number of carbonyl (C=O) groups excluding carboxylic acids is 1. The summed E-state index contributed by atoms with van der Waals surface area (Å²) in [5, 5.41) is 2.86.